The first kappa shape index (κ1) is 11.4. The molecule has 2 aliphatic rings. The van der Waals surface area contributed by atoms with Crippen molar-refractivity contribution in [1.29, 1.82) is 5.26 Å². The maximum absolute atomic E-state index is 12.2. The molecule has 2 aliphatic heterocycles. The fourth-order valence-corrected chi connectivity index (χ4v) is 2.41. The van der Waals surface area contributed by atoms with Crippen LogP contribution in [-0.4, -0.2) is 36.1 Å². The van der Waals surface area contributed by atoms with Crippen LogP contribution in [0.4, 0.5) is 0 Å². The second kappa shape index (κ2) is 4.06. The van der Waals surface area contributed by atoms with Crippen molar-refractivity contribution in [3.8, 4) is 6.07 Å². The number of fused-ring (bicyclic) bond motifs is 2. The summed E-state index contributed by atoms with van der Waals surface area (Å²) >= 11 is 0. The maximum atomic E-state index is 12.2. The van der Waals surface area contributed by atoms with Crippen LogP contribution in [0.25, 0.3) is 0 Å². The molecule has 0 spiro atoms. The van der Waals surface area contributed by atoms with E-state index in [0.717, 1.165) is 12.8 Å². The molecule has 0 radical (unpaired) electrons. The van der Waals surface area contributed by atoms with Crippen LogP contribution in [0.1, 0.15) is 33.1 Å². The number of nitrogens with zero attached hydrogens (tertiary/aromatic N) is 2. The first-order chi connectivity index (χ1) is 7.59. The third-order valence-electron chi connectivity index (χ3n) is 3.76. The van der Waals surface area contributed by atoms with E-state index in [-0.39, 0.29) is 18.1 Å². The number of hydrogen-bond donors (Lipinski definition) is 0. The van der Waals surface area contributed by atoms with Crippen LogP contribution in [0.15, 0.2) is 0 Å². The Morgan fingerprint density at radius 1 is 1.50 bits per heavy atom. The molecule has 4 heteroatoms. The van der Waals surface area contributed by atoms with Crippen molar-refractivity contribution < 1.29 is 9.53 Å². The van der Waals surface area contributed by atoms with Gasteiger partial charge in [-0.15, -0.1) is 0 Å². The molecule has 0 aromatic rings. The molecule has 2 saturated heterocycles. The average Bonchev–Trinajstić information content (AvgIpc) is 2.66. The van der Waals surface area contributed by atoms with E-state index < -0.39 is 5.41 Å². The molecule has 16 heavy (non-hydrogen) atoms. The van der Waals surface area contributed by atoms with Crippen LogP contribution in [0, 0.1) is 16.7 Å². The van der Waals surface area contributed by atoms with Crippen molar-refractivity contribution in [2.45, 2.75) is 45.3 Å². The lowest BCUT2D eigenvalue weighted by atomic mass is 9.87. The summed E-state index contributed by atoms with van der Waals surface area (Å²) in [5.41, 5.74) is -0.864. The van der Waals surface area contributed by atoms with Crippen molar-refractivity contribution in [2.75, 3.05) is 13.1 Å². The van der Waals surface area contributed by atoms with Crippen molar-refractivity contribution in [2.24, 2.45) is 5.41 Å². The van der Waals surface area contributed by atoms with E-state index in [2.05, 4.69) is 6.07 Å². The van der Waals surface area contributed by atoms with E-state index in [0.29, 0.717) is 19.5 Å². The van der Waals surface area contributed by atoms with E-state index >= 15 is 0 Å². The lowest BCUT2D eigenvalue weighted by Crippen LogP contribution is -2.50. The summed E-state index contributed by atoms with van der Waals surface area (Å²) in [6.07, 6.45) is 3.05. The van der Waals surface area contributed by atoms with Crippen LogP contribution >= 0.6 is 0 Å². The molecule has 1 amide bonds. The van der Waals surface area contributed by atoms with Gasteiger partial charge in [-0.3, -0.25) is 4.79 Å². The van der Waals surface area contributed by atoms with Gasteiger partial charge in [0, 0.05) is 13.1 Å². The smallest absolute Gasteiger partial charge is 0.242 e. The predicted octanol–water partition coefficient (Wildman–Crippen LogP) is 1.32. The van der Waals surface area contributed by atoms with Gasteiger partial charge in [-0.1, -0.05) is 6.92 Å². The van der Waals surface area contributed by atoms with Crippen LogP contribution in [0.5, 0.6) is 0 Å². The third kappa shape index (κ3) is 1.80. The molecule has 3 atom stereocenters. The highest BCUT2D eigenvalue weighted by Crippen LogP contribution is 2.30. The topological polar surface area (TPSA) is 53.3 Å². The van der Waals surface area contributed by atoms with Crippen molar-refractivity contribution in [3.05, 3.63) is 0 Å². The SMILES string of the molecule is CCC(C)(C#N)C(=O)N1CC2CCC(C1)O2. The number of morpholine rings is 1. The van der Waals surface area contributed by atoms with Gasteiger partial charge in [0.25, 0.3) is 0 Å². The molecule has 0 aliphatic carbocycles. The van der Waals surface area contributed by atoms with Crippen molar-refractivity contribution >= 4 is 5.91 Å². The van der Waals surface area contributed by atoms with Gasteiger partial charge in [-0.2, -0.15) is 5.26 Å². The zero-order valence-electron chi connectivity index (χ0n) is 9.90. The lowest BCUT2D eigenvalue weighted by Gasteiger charge is -2.35. The molecular formula is C12H18N2O2. The molecule has 88 valence electrons. The summed E-state index contributed by atoms with van der Waals surface area (Å²) in [6.45, 7) is 4.93. The van der Waals surface area contributed by atoms with Gasteiger partial charge in [0.2, 0.25) is 5.91 Å². The molecule has 0 N–H and O–H groups in total. The summed E-state index contributed by atoms with van der Waals surface area (Å²) < 4.78 is 5.68. The van der Waals surface area contributed by atoms with E-state index in [1.807, 2.05) is 11.8 Å². The molecule has 4 nitrogen and oxygen atoms in total. The Balaban J connectivity index is 2.08. The third-order valence-corrected chi connectivity index (χ3v) is 3.76. The Bertz CT molecular complexity index is 324. The van der Waals surface area contributed by atoms with Crippen LogP contribution in [0.3, 0.4) is 0 Å². The van der Waals surface area contributed by atoms with Gasteiger partial charge in [-0.05, 0) is 26.2 Å². The number of amides is 1. The number of likely N-dealkylation sites (tertiary alicyclic amines) is 1. The van der Waals surface area contributed by atoms with E-state index in [9.17, 15) is 4.79 Å². The Kier molecular flexibility index (Phi) is 2.90. The normalized spacial score (nSPS) is 31.9. The summed E-state index contributed by atoms with van der Waals surface area (Å²) in [5, 5.41) is 9.11. The fourth-order valence-electron chi connectivity index (χ4n) is 2.41. The predicted molar refractivity (Wildman–Crippen MR) is 58.5 cm³/mol. The van der Waals surface area contributed by atoms with Crippen LogP contribution in [-0.2, 0) is 9.53 Å². The second-order valence-corrected chi connectivity index (χ2v) is 4.97. The van der Waals surface area contributed by atoms with Gasteiger partial charge in [0.15, 0.2) is 0 Å². The quantitative estimate of drug-likeness (QED) is 0.708. The van der Waals surface area contributed by atoms with Gasteiger partial charge in [0.05, 0.1) is 18.3 Å². The second-order valence-electron chi connectivity index (χ2n) is 4.97. The standard InChI is InChI=1S/C12H18N2O2/c1-3-12(2,8-13)11(15)14-6-9-4-5-10(7-14)16-9/h9-10H,3-7H2,1-2H3. The maximum Gasteiger partial charge on any atom is 0.242 e. The largest absolute Gasteiger partial charge is 0.371 e. The fraction of sp³-hybridized carbons (Fsp3) is 0.833. The van der Waals surface area contributed by atoms with Crippen LogP contribution in [0.2, 0.25) is 0 Å². The van der Waals surface area contributed by atoms with Crippen molar-refractivity contribution in [1.82, 2.24) is 4.90 Å². The summed E-state index contributed by atoms with van der Waals surface area (Å²) in [4.78, 5) is 14.1. The zero-order chi connectivity index (χ0) is 11.8. The molecule has 2 heterocycles. The minimum absolute atomic E-state index is 0.0299. The Hall–Kier alpha value is -1.08. The molecule has 0 aromatic carbocycles. The highest BCUT2D eigenvalue weighted by molar-refractivity contribution is 5.85. The molecular weight excluding hydrogens is 204 g/mol. The van der Waals surface area contributed by atoms with Crippen LogP contribution < -0.4 is 0 Å². The highest BCUT2D eigenvalue weighted by Gasteiger charge is 2.41. The first-order valence-electron chi connectivity index (χ1n) is 5.95. The molecule has 0 saturated carbocycles. The summed E-state index contributed by atoms with van der Waals surface area (Å²) in [6, 6.07) is 2.14. The number of hydrogen-bond acceptors (Lipinski definition) is 3. The number of ether oxygens (including phenoxy) is 1. The van der Waals surface area contributed by atoms with Gasteiger partial charge in [-0.25, -0.2) is 0 Å². The van der Waals surface area contributed by atoms with E-state index in [1.165, 1.54) is 0 Å². The Morgan fingerprint density at radius 3 is 2.50 bits per heavy atom. The Labute approximate surface area is 96.2 Å². The monoisotopic (exact) mass is 222 g/mol. The Morgan fingerprint density at radius 2 is 2.06 bits per heavy atom. The van der Waals surface area contributed by atoms with Crippen molar-refractivity contribution in [3.63, 3.8) is 0 Å². The zero-order valence-corrected chi connectivity index (χ0v) is 9.90. The molecule has 3 unspecified atom stereocenters. The average molecular weight is 222 g/mol. The van der Waals surface area contributed by atoms with Gasteiger partial charge < -0.3 is 9.64 Å². The van der Waals surface area contributed by atoms with Gasteiger partial charge in [0.1, 0.15) is 5.41 Å². The highest BCUT2D eigenvalue weighted by atomic mass is 16.5. The minimum Gasteiger partial charge on any atom is -0.371 e. The van der Waals surface area contributed by atoms with E-state index in [1.54, 1.807) is 6.92 Å². The summed E-state index contributed by atoms with van der Waals surface area (Å²) in [7, 11) is 0. The lowest BCUT2D eigenvalue weighted by molar-refractivity contribution is -0.147. The first-order valence-corrected chi connectivity index (χ1v) is 5.95. The number of nitriles is 1. The van der Waals surface area contributed by atoms with Gasteiger partial charge >= 0.3 is 0 Å². The molecule has 2 fully saturated rings. The molecule has 0 aromatic heterocycles. The number of rotatable bonds is 2. The minimum atomic E-state index is -0.864. The number of carbonyl (C=O) groups excluding carboxylic acids is 1. The molecule has 2 bridgehead atoms. The summed E-state index contributed by atoms with van der Waals surface area (Å²) in [5.74, 6) is -0.0299. The number of carbonyl (C=O) groups is 1. The van der Waals surface area contributed by atoms with E-state index in [4.69, 9.17) is 10.00 Å². The molecule has 2 rings (SSSR count).